The summed E-state index contributed by atoms with van der Waals surface area (Å²) in [7, 11) is 2.55. The van der Waals surface area contributed by atoms with Crippen LogP contribution in [0.25, 0.3) is 33.6 Å². The smallest absolute Gasteiger partial charge is 0.407 e. The van der Waals surface area contributed by atoms with Gasteiger partial charge in [-0.2, -0.15) is 0 Å². The SMILES string of the molecule is COC(=O)N[C@@H](C)C(=O)N1[C@H](C)[C@H](C)C[C@H]1c1ncc(-c2ccc(-c3ccc(-c4cnc([C@@H]5C[C@@H](C)[C@@H](C)N5C(=O)[C@H](C)NC(=O)OC)[nH]4)cc3)cc2)[nH]1. The average Bonchev–Trinajstić information content (AvgIpc) is 3.98. The van der Waals surface area contributed by atoms with Gasteiger partial charge in [-0.15, -0.1) is 0 Å². The highest BCUT2D eigenvalue weighted by Gasteiger charge is 2.44. The Hall–Kier alpha value is -5.66. The minimum Gasteiger partial charge on any atom is -0.453 e. The van der Waals surface area contributed by atoms with Gasteiger partial charge in [-0.05, 0) is 74.6 Å². The van der Waals surface area contributed by atoms with Crippen molar-refractivity contribution in [1.29, 1.82) is 0 Å². The monoisotopic (exact) mass is 738 g/mol. The molecule has 14 nitrogen and oxygen atoms in total. The van der Waals surface area contributed by atoms with Crippen molar-refractivity contribution in [3.05, 3.63) is 72.6 Å². The van der Waals surface area contributed by atoms with Gasteiger partial charge in [0.05, 0.1) is 50.1 Å². The molecule has 14 heteroatoms. The predicted molar refractivity (Wildman–Crippen MR) is 203 cm³/mol. The van der Waals surface area contributed by atoms with Gasteiger partial charge in [-0.3, -0.25) is 9.59 Å². The van der Waals surface area contributed by atoms with Crippen LogP contribution in [0.15, 0.2) is 60.9 Å². The lowest BCUT2D eigenvalue weighted by atomic mass is 10.0. The fourth-order valence-corrected chi connectivity index (χ4v) is 7.67. The molecule has 2 aliphatic rings. The van der Waals surface area contributed by atoms with Crippen LogP contribution in [-0.4, -0.2) is 92.1 Å². The lowest BCUT2D eigenvalue weighted by Crippen LogP contribution is -2.49. The topological polar surface area (TPSA) is 175 Å². The van der Waals surface area contributed by atoms with Crippen molar-refractivity contribution < 1.29 is 28.7 Å². The van der Waals surface area contributed by atoms with E-state index in [2.05, 4.69) is 68.2 Å². The molecular formula is C40H50N8O6. The number of carbonyl (C=O) groups is 4. The number of benzene rings is 2. The maximum atomic E-state index is 13.4. The van der Waals surface area contributed by atoms with Gasteiger partial charge in [0.1, 0.15) is 23.7 Å². The van der Waals surface area contributed by atoms with E-state index in [1.165, 1.54) is 14.2 Å². The van der Waals surface area contributed by atoms with E-state index in [0.717, 1.165) is 46.5 Å². The van der Waals surface area contributed by atoms with E-state index >= 15 is 0 Å². The summed E-state index contributed by atoms with van der Waals surface area (Å²) in [6.45, 7) is 11.6. The number of aromatic amines is 2. The first-order chi connectivity index (χ1) is 25.8. The largest absolute Gasteiger partial charge is 0.453 e. The zero-order valence-electron chi connectivity index (χ0n) is 32.0. The molecule has 286 valence electrons. The van der Waals surface area contributed by atoms with E-state index < -0.39 is 24.3 Å². The molecule has 2 aromatic heterocycles. The number of likely N-dealkylation sites (tertiary alicyclic amines) is 2. The van der Waals surface area contributed by atoms with Crippen molar-refractivity contribution in [1.82, 2.24) is 40.4 Å². The molecule has 6 rings (SSSR count). The molecule has 0 spiro atoms. The molecular weight excluding hydrogens is 688 g/mol. The average molecular weight is 739 g/mol. The molecule has 0 unspecified atom stereocenters. The van der Waals surface area contributed by atoms with Gasteiger partial charge in [0, 0.05) is 12.1 Å². The Balaban J connectivity index is 1.13. The molecule has 2 aliphatic heterocycles. The number of alkyl carbamates (subject to hydrolysis) is 2. The summed E-state index contributed by atoms with van der Waals surface area (Å²) in [5.74, 6) is 1.58. The molecule has 0 aliphatic carbocycles. The number of carbonyl (C=O) groups excluding carboxylic acids is 4. The number of amides is 4. The molecule has 4 aromatic rings. The number of hydrogen-bond donors (Lipinski definition) is 4. The van der Waals surface area contributed by atoms with Crippen molar-refractivity contribution in [3.8, 4) is 33.6 Å². The molecule has 8 atom stereocenters. The molecule has 0 saturated carbocycles. The first-order valence-electron chi connectivity index (χ1n) is 18.5. The summed E-state index contributed by atoms with van der Waals surface area (Å²) in [4.78, 5) is 70.3. The van der Waals surface area contributed by atoms with Crippen LogP contribution in [0.5, 0.6) is 0 Å². The zero-order chi connectivity index (χ0) is 38.8. The summed E-state index contributed by atoms with van der Waals surface area (Å²) in [5.41, 5.74) is 5.74. The molecule has 0 radical (unpaired) electrons. The maximum Gasteiger partial charge on any atom is 0.407 e. The minimum atomic E-state index is -0.735. The third kappa shape index (κ3) is 7.55. The number of rotatable bonds is 9. The van der Waals surface area contributed by atoms with Gasteiger partial charge < -0.3 is 39.9 Å². The van der Waals surface area contributed by atoms with Crippen LogP contribution in [0, 0.1) is 11.8 Å². The first-order valence-corrected chi connectivity index (χ1v) is 18.5. The molecule has 2 saturated heterocycles. The Morgan fingerprint density at radius 1 is 0.630 bits per heavy atom. The van der Waals surface area contributed by atoms with Crippen LogP contribution >= 0.6 is 0 Å². The second kappa shape index (κ2) is 15.7. The van der Waals surface area contributed by atoms with Crippen molar-refractivity contribution >= 4 is 24.0 Å². The number of H-pyrrole nitrogens is 2. The van der Waals surface area contributed by atoms with Gasteiger partial charge in [-0.25, -0.2) is 19.6 Å². The molecule has 2 fully saturated rings. The summed E-state index contributed by atoms with van der Waals surface area (Å²) in [6.07, 6.45) is 3.82. The van der Waals surface area contributed by atoms with Crippen molar-refractivity contribution in [2.24, 2.45) is 11.8 Å². The molecule has 4 amide bonds. The van der Waals surface area contributed by atoms with E-state index in [9.17, 15) is 19.2 Å². The normalized spacial score (nSPS) is 23.5. The molecule has 2 aromatic carbocycles. The maximum absolute atomic E-state index is 13.4. The number of imidazole rings is 2. The third-order valence-corrected chi connectivity index (χ3v) is 11.2. The number of hydrogen-bond acceptors (Lipinski definition) is 8. The second-order valence-electron chi connectivity index (χ2n) is 14.7. The Morgan fingerprint density at radius 2 is 0.963 bits per heavy atom. The summed E-state index contributed by atoms with van der Waals surface area (Å²) >= 11 is 0. The number of methoxy groups -OCH3 is 2. The van der Waals surface area contributed by atoms with Crippen LogP contribution in [0.3, 0.4) is 0 Å². The van der Waals surface area contributed by atoms with Crippen LogP contribution < -0.4 is 10.6 Å². The van der Waals surface area contributed by atoms with Gasteiger partial charge in [0.2, 0.25) is 11.8 Å². The van der Waals surface area contributed by atoms with Crippen LogP contribution in [-0.2, 0) is 19.1 Å². The molecule has 4 heterocycles. The van der Waals surface area contributed by atoms with Gasteiger partial charge in [0.15, 0.2) is 0 Å². The van der Waals surface area contributed by atoms with Crippen LogP contribution in [0.2, 0.25) is 0 Å². The number of nitrogens with one attached hydrogen (secondary N) is 4. The lowest BCUT2D eigenvalue weighted by Gasteiger charge is -2.30. The second-order valence-corrected chi connectivity index (χ2v) is 14.7. The van der Waals surface area contributed by atoms with E-state index in [0.29, 0.717) is 11.6 Å². The first kappa shape index (κ1) is 38.1. The molecule has 4 N–H and O–H groups in total. The Morgan fingerprint density at radius 3 is 1.30 bits per heavy atom. The highest BCUT2D eigenvalue weighted by Crippen LogP contribution is 2.41. The van der Waals surface area contributed by atoms with E-state index in [1.54, 1.807) is 26.2 Å². The Labute approximate surface area is 315 Å². The third-order valence-electron chi connectivity index (χ3n) is 11.2. The Bertz CT molecular complexity index is 1830. The van der Waals surface area contributed by atoms with Crippen LogP contribution in [0.1, 0.15) is 78.1 Å². The summed E-state index contributed by atoms with van der Waals surface area (Å²) < 4.78 is 9.38. The van der Waals surface area contributed by atoms with Gasteiger partial charge in [0.25, 0.3) is 0 Å². The van der Waals surface area contributed by atoms with E-state index in [-0.39, 0.29) is 47.8 Å². The van der Waals surface area contributed by atoms with Crippen molar-refractivity contribution in [2.45, 2.75) is 90.6 Å². The van der Waals surface area contributed by atoms with Crippen molar-refractivity contribution in [3.63, 3.8) is 0 Å². The number of nitrogens with zero attached hydrogens (tertiary/aromatic N) is 4. The van der Waals surface area contributed by atoms with Crippen LogP contribution in [0.4, 0.5) is 9.59 Å². The highest BCUT2D eigenvalue weighted by atomic mass is 16.5. The van der Waals surface area contributed by atoms with Crippen molar-refractivity contribution in [2.75, 3.05) is 14.2 Å². The standard InChI is InChI=1S/C40H50N8O6/c1-21-17-33(47(25(21)5)37(49)23(3)43-39(51)53-7)35-41-19-31(45-35)29-13-9-27(10-14-29)28-11-15-30(16-12-28)32-20-42-36(46-32)34-18-22(2)26(6)48(34)38(50)24(4)44-40(52)54-8/h9-16,19-26,33-34H,17-18H2,1-8H3,(H,41,45)(H,42,46)(H,43,51)(H,44,52)/t21-,22-,23+,24+,25-,26-,33+,34+/m1/s1. The molecule has 54 heavy (non-hydrogen) atoms. The fraction of sp³-hybridized carbons (Fsp3) is 0.450. The van der Waals surface area contributed by atoms with E-state index in [4.69, 9.17) is 9.97 Å². The predicted octanol–water partition coefficient (Wildman–Crippen LogP) is 6.22. The highest BCUT2D eigenvalue weighted by molar-refractivity contribution is 5.87. The molecule has 0 bridgehead atoms. The fourth-order valence-electron chi connectivity index (χ4n) is 7.67. The minimum absolute atomic E-state index is 0.0213. The van der Waals surface area contributed by atoms with Gasteiger partial charge in [-0.1, -0.05) is 62.4 Å². The van der Waals surface area contributed by atoms with Gasteiger partial charge >= 0.3 is 12.2 Å². The summed E-state index contributed by atoms with van der Waals surface area (Å²) in [5, 5.41) is 5.18. The quantitative estimate of drug-likeness (QED) is 0.157. The zero-order valence-corrected chi connectivity index (χ0v) is 32.0. The Kier molecular flexibility index (Phi) is 11.1. The lowest BCUT2D eigenvalue weighted by molar-refractivity contribution is -0.136. The number of aromatic nitrogens is 4. The number of ether oxygens (including phenoxy) is 2. The summed E-state index contributed by atoms with van der Waals surface area (Å²) in [6, 6.07) is 14.5. The van der Waals surface area contributed by atoms with E-state index in [1.807, 2.05) is 47.9 Å².